The Bertz CT molecular complexity index is 1250. The first-order valence-corrected chi connectivity index (χ1v) is 13.3. The second-order valence-corrected chi connectivity index (χ2v) is 10.2. The van der Waals surface area contributed by atoms with Crippen LogP contribution < -0.4 is 51.4 Å². The fraction of sp³-hybridized carbons (Fsp3) is 0.364. The number of azo groups is 1. The van der Waals surface area contributed by atoms with Gasteiger partial charge in [0.1, 0.15) is 0 Å². The molecule has 2 N–H and O–H groups in total. The first kappa shape index (κ1) is 31.5. The molecule has 2 aromatic carbocycles. The summed E-state index contributed by atoms with van der Waals surface area (Å²) in [6.07, 6.45) is 3.53. The van der Waals surface area contributed by atoms with E-state index in [2.05, 4.69) is 10.2 Å². The maximum absolute atomic E-state index is 11.7. The van der Waals surface area contributed by atoms with Gasteiger partial charge in [-0.25, -0.2) is 0 Å². The quantitative estimate of drug-likeness (QED) is 0.176. The smallest absolute Gasteiger partial charge is 1.00 e. The van der Waals surface area contributed by atoms with E-state index in [0.717, 1.165) is 0 Å². The number of rotatable bonds is 12. The van der Waals surface area contributed by atoms with Crippen molar-refractivity contribution in [3.8, 4) is 12.1 Å². The molecule has 182 valence electrons. The maximum atomic E-state index is 11.7. The minimum Gasteiger partial charge on any atom is -1.00 e. The molecule has 0 fully saturated rings. The molecular formula is C22H25KN4O6S2. The first-order valence-electron chi connectivity index (χ1n) is 10.4. The Balaban J connectivity index is 0.00000612. The minimum absolute atomic E-state index is 0. The third-order valence-electron chi connectivity index (χ3n) is 4.89. The molecule has 0 aromatic heterocycles. The molecule has 13 heteroatoms. The molecule has 2 aromatic rings. The van der Waals surface area contributed by atoms with Crippen molar-refractivity contribution in [1.82, 2.24) is 0 Å². The molecule has 0 saturated heterocycles. The second-order valence-electron chi connectivity index (χ2n) is 7.46. The zero-order valence-electron chi connectivity index (χ0n) is 20.3. The van der Waals surface area contributed by atoms with Crippen molar-refractivity contribution in [3.63, 3.8) is 0 Å². The average molecular weight is 545 g/mol. The summed E-state index contributed by atoms with van der Waals surface area (Å²) in [4.78, 5) is -0.471. The summed E-state index contributed by atoms with van der Waals surface area (Å²) >= 11 is 0. The molecule has 0 atom stereocenters. The molecule has 0 radical (unpaired) electrons. The van der Waals surface area contributed by atoms with E-state index in [9.17, 15) is 25.9 Å². The fourth-order valence-corrected chi connectivity index (χ4v) is 4.77. The molecular weight excluding hydrogens is 519 g/mol. The third kappa shape index (κ3) is 10.5. The predicted molar refractivity (Wildman–Crippen MR) is 124 cm³/mol. The molecule has 0 unspecified atom stereocenters. The number of nitrogens with zero attached hydrogens (tertiary/aromatic N) is 4. The number of benzene rings is 2. The van der Waals surface area contributed by atoms with Crippen LogP contribution >= 0.6 is 0 Å². The van der Waals surface area contributed by atoms with Gasteiger partial charge in [-0.1, -0.05) is 0 Å². The Labute approximate surface area is 249 Å². The fourth-order valence-electron chi connectivity index (χ4n) is 3.30. The Morgan fingerprint density at radius 2 is 1.09 bits per heavy atom. The molecule has 0 spiro atoms. The van der Waals surface area contributed by atoms with Crippen molar-refractivity contribution in [3.05, 3.63) is 47.5 Å². The number of hydrogen-bond donors (Lipinski definition) is 2. The van der Waals surface area contributed by atoms with E-state index in [1.165, 1.54) is 36.4 Å². The van der Waals surface area contributed by atoms with Gasteiger partial charge in [-0.15, -0.1) is 0 Å². The van der Waals surface area contributed by atoms with Crippen LogP contribution in [0.1, 0.15) is 51.1 Å². The van der Waals surface area contributed by atoms with Crippen LogP contribution in [0.2, 0.25) is 0 Å². The van der Waals surface area contributed by atoms with Crippen LogP contribution in [0.15, 0.2) is 56.4 Å². The minimum atomic E-state index is -4.44. The van der Waals surface area contributed by atoms with Crippen LogP contribution in [0.3, 0.4) is 0 Å². The van der Waals surface area contributed by atoms with E-state index in [0.29, 0.717) is 73.9 Å². The molecule has 0 aliphatic rings. The SMILES string of the molecule is N#CCCCCc1cc(N=Nc2ccc(S(=O)(=O)O)c(CCCCC#N)c2)ccc1S(=O)(=O)O.[H-].[K+]. The summed E-state index contributed by atoms with van der Waals surface area (Å²) in [5.41, 5.74) is 1.32. The van der Waals surface area contributed by atoms with Crippen LogP contribution in [-0.2, 0) is 33.1 Å². The number of unbranched alkanes of at least 4 members (excludes halogenated alkanes) is 4. The molecule has 0 amide bonds. The predicted octanol–water partition coefficient (Wildman–Crippen LogP) is 2.18. The third-order valence-corrected chi connectivity index (χ3v) is 6.80. The van der Waals surface area contributed by atoms with Crippen molar-refractivity contribution in [2.45, 2.75) is 61.2 Å². The molecule has 0 bridgehead atoms. The van der Waals surface area contributed by atoms with Crippen LogP contribution in [-0.4, -0.2) is 25.9 Å². The number of hydrogen-bond acceptors (Lipinski definition) is 8. The zero-order chi connectivity index (χ0) is 25.2. The van der Waals surface area contributed by atoms with E-state index in [-0.39, 0.29) is 62.6 Å². The van der Waals surface area contributed by atoms with E-state index in [4.69, 9.17) is 10.5 Å². The van der Waals surface area contributed by atoms with Gasteiger partial charge < -0.3 is 1.43 Å². The van der Waals surface area contributed by atoms with Gasteiger partial charge in [-0.05, 0) is 86.1 Å². The Morgan fingerprint density at radius 1 is 0.714 bits per heavy atom. The summed E-state index contributed by atoms with van der Waals surface area (Å²) in [6.45, 7) is 0. The van der Waals surface area contributed by atoms with E-state index in [1.54, 1.807) is 0 Å². The first-order chi connectivity index (χ1) is 16.1. The van der Waals surface area contributed by atoms with Crippen molar-refractivity contribution in [1.29, 1.82) is 10.5 Å². The summed E-state index contributed by atoms with van der Waals surface area (Å²) in [7, 11) is -8.87. The molecule has 0 heterocycles. The van der Waals surface area contributed by atoms with Gasteiger partial charge in [-0.2, -0.15) is 37.6 Å². The maximum Gasteiger partial charge on any atom is 1.00 e. The average Bonchev–Trinajstić information content (AvgIpc) is 2.77. The van der Waals surface area contributed by atoms with Gasteiger partial charge in [0.25, 0.3) is 20.2 Å². The monoisotopic (exact) mass is 544 g/mol. The van der Waals surface area contributed by atoms with Crippen LogP contribution in [0.4, 0.5) is 11.4 Å². The van der Waals surface area contributed by atoms with Crippen molar-refractivity contribution in [2.24, 2.45) is 10.2 Å². The van der Waals surface area contributed by atoms with Gasteiger partial charge >= 0.3 is 51.4 Å². The molecule has 10 nitrogen and oxygen atoms in total. The summed E-state index contributed by atoms with van der Waals surface area (Å²) in [5.74, 6) is 0. The van der Waals surface area contributed by atoms with Gasteiger partial charge in [0, 0.05) is 12.8 Å². The molecule has 0 aliphatic heterocycles. The van der Waals surface area contributed by atoms with Crippen molar-refractivity contribution >= 4 is 31.6 Å². The molecule has 2 rings (SSSR count). The summed E-state index contributed by atoms with van der Waals surface area (Å²) in [6, 6.07) is 12.2. The zero-order valence-corrected chi connectivity index (χ0v) is 24.0. The topological polar surface area (TPSA) is 181 Å². The van der Waals surface area contributed by atoms with Gasteiger partial charge in [0.2, 0.25) is 0 Å². The summed E-state index contributed by atoms with van der Waals surface area (Å²) < 4.78 is 65.6. The van der Waals surface area contributed by atoms with Crippen molar-refractivity contribution < 1.29 is 78.8 Å². The Hall–Kier alpha value is -1.52. The molecule has 35 heavy (non-hydrogen) atoms. The van der Waals surface area contributed by atoms with Crippen LogP contribution in [0.5, 0.6) is 0 Å². The molecule has 0 aliphatic carbocycles. The second kappa shape index (κ2) is 14.9. The van der Waals surface area contributed by atoms with Gasteiger partial charge in [-0.3, -0.25) is 9.11 Å². The Morgan fingerprint density at radius 3 is 1.40 bits per heavy atom. The summed E-state index contributed by atoms with van der Waals surface area (Å²) in [5, 5.41) is 25.5. The van der Waals surface area contributed by atoms with Crippen LogP contribution in [0.25, 0.3) is 0 Å². The number of aryl methyl sites for hydroxylation is 2. The van der Waals surface area contributed by atoms with E-state index >= 15 is 0 Å². The van der Waals surface area contributed by atoms with E-state index < -0.39 is 20.2 Å². The number of nitriles is 2. The molecule has 0 saturated carbocycles. The van der Waals surface area contributed by atoms with Crippen LogP contribution in [0, 0.1) is 22.7 Å². The van der Waals surface area contributed by atoms with Gasteiger partial charge in [0.15, 0.2) is 0 Å². The van der Waals surface area contributed by atoms with E-state index in [1.807, 2.05) is 12.1 Å². The standard InChI is InChI=1S/C22H24N4O6S2.K.H/c23-13-5-1-3-7-17-15-19(9-11-21(17)33(27,28)29)25-26-20-10-12-22(34(30,31)32)18(16-20)8-4-2-6-14-24;;/h9-12,15-16H,1-8H2,(H,27,28,29)(H,30,31,32);;/q;+1;-1. The van der Waals surface area contributed by atoms with Crippen molar-refractivity contribution in [2.75, 3.05) is 0 Å². The van der Waals surface area contributed by atoms with Gasteiger partial charge in [0.05, 0.1) is 33.3 Å². The Kier molecular flexibility index (Phi) is 13.4. The largest absolute Gasteiger partial charge is 1.00 e. The normalized spacial score (nSPS) is 11.5.